The molecule has 0 aliphatic carbocycles. The van der Waals surface area contributed by atoms with Gasteiger partial charge in [-0.25, -0.2) is 13.2 Å². The van der Waals surface area contributed by atoms with Crippen LogP contribution in [-0.2, 0) is 14.8 Å². The summed E-state index contributed by atoms with van der Waals surface area (Å²) in [6.07, 6.45) is 1.65. The van der Waals surface area contributed by atoms with Gasteiger partial charge < -0.3 is 10.1 Å². The van der Waals surface area contributed by atoms with Crippen molar-refractivity contribution in [3.05, 3.63) is 81.1 Å². The van der Waals surface area contributed by atoms with Crippen LogP contribution in [0.3, 0.4) is 0 Å². The Balaban J connectivity index is 1.51. The van der Waals surface area contributed by atoms with Crippen LogP contribution in [0.2, 0.25) is 0 Å². The van der Waals surface area contributed by atoms with Crippen LogP contribution in [0.5, 0.6) is 0 Å². The third-order valence-corrected chi connectivity index (χ3v) is 9.78. The molecule has 1 amide bonds. The number of hydrogen-bond donors (Lipinski definition) is 1. The first-order valence-corrected chi connectivity index (χ1v) is 15.7. The molecule has 5 rings (SSSR count). The molecule has 41 heavy (non-hydrogen) atoms. The number of nitrogens with zero attached hydrogens (tertiary/aromatic N) is 3. The number of amides is 1. The molecule has 2 aromatic heterocycles. The molecular formula is C29H30N4O6S2. The lowest BCUT2D eigenvalue weighted by Crippen LogP contribution is -2.27. The van der Waals surface area contributed by atoms with Crippen molar-refractivity contribution in [2.45, 2.75) is 44.4 Å². The van der Waals surface area contributed by atoms with E-state index in [0.717, 1.165) is 34.4 Å². The number of aromatic nitrogens is 2. The van der Waals surface area contributed by atoms with E-state index in [1.807, 2.05) is 12.1 Å². The molecular weight excluding hydrogens is 564 g/mol. The molecule has 1 N–H and O–H groups in total. The average Bonchev–Trinajstić information content (AvgIpc) is 3.65. The number of esters is 1. The third kappa shape index (κ3) is 5.54. The fourth-order valence-corrected chi connectivity index (χ4v) is 7.15. The number of nitrogens with one attached hydrogen (secondary N) is 1. The molecule has 2 aromatic carbocycles. The fraction of sp³-hybridized carbons (Fsp3) is 0.310. The number of hydrogen-bond acceptors (Lipinski definition) is 8. The summed E-state index contributed by atoms with van der Waals surface area (Å²) in [6, 6.07) is 13.0. The number of ether oxygens (including phenoxy) is 1. The Kier molecular flexibility index (Phi) is 8.07. The van der Waals surface area contributed by atoms with Crippen LogP contribution < -0.4 is 10.9 Å². The summed E-state index contributed by atoms with van der Waals surface area (Å²) in [4.78, 5) is 39.8. The summed E-state index contributed by atoms with van der Waals surface area (Å²) in [5, 5.41) is 9.33. The lowest BCUT2D eigenvalue weighted by molar-refractivity contribution is 0.0519. The van der Waals surface area contributed by atoms with Crippen molar-refractivity contribution < 1.29 is 22.7 Å². The van der Waals surface area contributed by atoms with Gasteiger partial charge in [0.05, 0.1) is 22.6 Å². The number of carbonyl (C=O) groups excluding carboxylic acids is 2. The normalized spacial score (nSPS) is 14.0. The van der Waals surface area contributed by atoms with Gasteiger partial charge in [0.15, 0.2) is 5.69 Å². The molecule has 10 nitrogen and oxygen atoms in total. The molecule has 0 spiro atoms. The molecule has 1 saturated heterocycles. The Bertz CT molecular complexity index is 1770. The van der Waals surface area contributed by atoms with Gasteiger partial charge >= 0.3 is 5.97 Å². The summed E-state index contributed by atoms with van der Waals surface area (Å²) in [6.45, 7) is 6.89. The number of benzene rings is 2. The van der Waals surface area contributed by atoms with Crippen LogP contribution in [-0.4, -0.2) is 54.1 Å². The van der Waals surface area contributed by atoms with Crippen LogP contribution in [0.4, 0.5) is 5.00 Å². The smallest absolute Gasteiger partial charge is 0.359 e. The van der Waals surface area contributed by atoms with E-state index in [2.05, 4.69) is 24.3 Å². The van der Waals surface area contributed by atoms with Gasteiger partial charge in [0, 0.05) is 29.4 Å². The zero-order valence-corrected chi connectivity index (χ0v) is 24.5. The largest absolute Gasteiger partial charge is 0.461 e. The molecule has 214 valence electrons. The zero-order valence-electron chi connectivity index (χ0n) is 22.9. The molecule has 0 unspecified atom stereocenters. The Labute approximate surface area is 241 Å². The summed E-state index contributed by atoms with van der Waals surface area (Å²) in [5.74, 6) is -0.921. The van der Waals surface area contributed by atoms with Gasteiger partial charge in [-0.1, -0.05) is 26.0 Å². The minimum atomic E-state index is -3.61. The van der Waals surface area contributed by atoms with Crippen LogP contribution in [0, 0.1) is 0 Å². The quantitative estimate of drug-likeness (QED) is 0.291. The number of thiophene rings is 1. The van der Waals surface area contributed by atoms with Gasteiger partial charge in [-0.3, -0.25) is 9.59 Å². The van der Waals surface area contributed by atoms with Crippen LogP contribution >= 0.6 is 11.3 Å². The van der Waals surface area contributed by atoms with Gasteiger partial charge in [0.2, 0.25) is 10.0 Å². The molecule has 12 heteroatoms. The fourth-order valence-electron chi connectivity index (χ4n) is 4.70. The van der Waals surface area contributed by atoms with E-state index in [1.54, 1.807) is 24.4 Å². The number of fused-ring (bicyclic) bond motifs is 1. The maximum Gasteiger partial charge on any atom is 0.359 e. The van der Waals surface area contributed by atoms with Gasteiger partial charge in [-0.05, 0) is 67.6 Å². The van der Waals surface area contributed by atoms with Crippen molar-refractivity contribution in [3.8, 4) is 5.69 Å². The van der Waals surface area contributed by atoms with E-state index in [0.29, 0.717) is 24.7 Å². The van der Waals surface area contributed by atoms with E-state index >= 15 is 0 Å². The van der Waals surface area contributed by atoms with Gasteiger partial charge in [-0.2, -0.15) is 14.1 Å². The zero-order chi connectivity index (χ0) is 29.3. The molecule has 4 aromatic rings. The van der Waals surface area contributed by atoms with Crippen molar-refractivity contribution >= 4 is 49.0 Å². The lowest BCUT2D eigenvalue weighted by Gasteiger charge is -2.15. The average molecular weight is 595 g/mol. The number of rotatable bonds is 8. The van der Waals surface area contributed by atoms with E-state index < -0.39 is 27.5 Å². The van der Waals surface area contributed by atoms with Crippen LogP contribution in [0.15, 0.2) is 63.6 Å². The van der Waals surface area contributed by atoms with Crippen molar-refractivity contribution in [2.75, 3.05) is 25.0 Å². The Morgan fingerprint density at radius 1 is 1.05 bits per heavy atom. The van der Waals surface area contributed by atoms with E-state index in [9.17, 15) is 22.8 Å². The SMILES string of the molecule is CCOC(=O)c1nn(-c2ccc(C(C)C)cc2)c(=O)c2c(NC(=O)c3ccc(S(=O)(=O)N4CCCC4)cc3)scc12. The second-order valence-corrected chi connectivity index (χ2v) is 12.8. The molecule has 0 atom stereocenters. The van der Waals surface area contributed by atoms with Gasteiger partial charge in [0.25, 0.3) is 11.5 Å². The third-order valence-electron chi connectivity index (χ3n) is 6.97. The molecule has 1 aliphatic heterocycles. The summed E-state index contributed by atoms with van der Waals surface area (Å²) >= 11 is 1.09. The Morgan fingerprint density at radius 3 is 2.32 bits per heavy atom. The van der Waals surface area contributed by atoms with Crippen molar-refractivity contribution in [3.63, 3.8) is 0 Å². The number of anilines is 1. The van der Waals surface area contributed by atoms with Gasteiger partial charge in [0.1, 0.15) is 5.00 Å². The van der Waals surface area contributed by atoms with Crippen molar-refractivity contribution in [1.82, 2.24) is 14.1 Å². The number of sulfonamides is 1. The second kappa shape index (κ2) is 11.6. The Hall–Kier alpha value is -3.87. The van der Waals surface area contributed by atoms with E-state index in [1.165, 1.54) is 28.6 Å². The highest BCUT2D eigenvalue weighted by atomic mass is 32.2. The van der Waals surface area contributed by atoms with E-state index in [-0.39, 0.29) is 38.5 Å². The first-order chi connectivity index (χ1) is 19.6. The van der Waals surface area contributed by atoms with Crippen LogP contribution in [0.25, 0.3) is 16.5 Å². The molecule has 0 radical (unpaired) electrons. The number of carbonyl (C=O) groups is 2. The maximum absolute atomic E-state index is 13.7. The second-order valence-electron chi connectivity index (χ2n) is 9.98. The van der Waals surface area contributed by atoms with Gasteiger partial charge in [-0.15, -0.1) is 11.3 Å². The highest BCUT2D eigenvalue weighted by Gasteiger charge is 2.28. The highest BCUT2D eigenvalue weighted by molar-refractivity contribution is 7.89. The Morgan fingerprint density at radius 2 is 1.71 bits per heavy atom. The summed E-state index contributed by atoms with van der Waals surface area (Å²) in [7, 11) is -3.61. The predicted molar refractivity (Wildman–Crippen MR) is 158 cm³/mol. The first kappa shape index (κ1) is 28.7. The van der Waals surface area contributed by atoms with Crippen molar-refractivity contribution in [2.24, 2.45) is 0 Å². The van der Waals surface area contributed by atoms with E-state index in [4.69, 9.17) is 4.74 Å². The molecule has 3 heterocycles. The monoisotopic (exact) mass is 594 g/mol. The van der Waals surface area contributed by atoms with Crippen molar-refractivity contribution in [1.29, 1.82) is 0 Å². The lowest BCUT2D eigenvalue weighted by atomic mass is 10.0. The van der Waals surface area contributed by atoms with Crippen LogP contribution in [0.1, 0.15) is 65.9 Å². The highest BCUT2D eigenvalue weighted by Crippen LogP contribution is 2.31. The predicted octanol–water partition coefficient (Wildman–Crippen LogP) is 4.78. The molecule has 0 bridgehead atoms. The minimum Gasteiger partial charge on any atom is -0.461 e. The molecule has 1 aliphatic rings. The molecule has 1 fully saturated rings. The maximum atomic E-state index is 13.7. The first-order valence-electron chi connectivity index (χ1n) is 13.4. The topological polar surface area (TPSA) is 128 Å². The minimum absolute atomic E-state index is 0.0393. The summed E-state index contributed by atoms with van der Waals surface area (Å²) < 4.78 is 33.5. The molecule has 0 saturated carbocycles. The summed E-state index contributed by atoms with van der Waals surface area (Å²) in [5.41, 5.74) is 1.22. The standard InChI is InChI=1S/C29H30N4O6S2/c1-4-39-29(36)25-23-17-40-27(24(23)28(35)33(31-25)21-11-7-19(8-12-21)18(2)3)30-26(34)20-9-13-22(14-10-20)41(37,38)32-15-5-6-16-32/h7-14,17-18H,4-6,15-16H2,1-3H3,(H,30,34).